The number of rotatable bonds is 6. The van der Waals surface area contributed by atoms with Crippen molar-refractivity contribution >= 4 is 0 Å². The topological polar surface area (TPSA) is 42.7 Å². The first kappa shape index (κ1) is 11.8. The van der Waals surface area contributed by atoms with Crippen LogP contribution in [0.25, 0.3) is 0 Å². The van der Waals surface area contributed by atoms with Crippen LogP contribution in [0.1, 0.15) is 24.7 Å². The molecule has 0 unspecified atom stereocenters. The molecule has 0 spiro atoms. The van der Waals surface area contributed by atoms with E-state index in [9.17, 15) is 0 Å². The van der Waals surface area contributed by atoms with Gasteiger partial charge in [0.1, 0.15) is 6.33 Å². The molecule has 2 rings (SSSR count). The Kier molecular flexibility index (Phi) is 4.27. The predicted octanol–water partition coefficient (Wildman–Crippen LogP) is 1.98. The van der Waals surface area contributed by atoms with Crippen molar-refractivity contribution < 1.29 is 0 Å². The molecule has 17 heavy (non-hydrogen) atoms. The van der Waals surface area contributed by atoms with E-state index in [0.29, 0.717) is 0 Å². The van der Waals surface area contributed by atoms with Crippen LogP contribution in [0, 0.1) is 0 Å². The Balaban J connectivity index is 1.84. The van der Waals surface area contributed by atoms with E-state index >= 15 is 0 Å². The summed E-state index contributed by atoms with van der Waals surface area (Å²) in [6.45, 7) is 4.92. The van der Waals surface area contributed by atoms with E-state index in [1.165, 1.54) is 5.69 Å². The van der Waals surface area contributed by atoms with E-state index in [4.69, 9.17) is 0 Å². The molecule has 90 valence electrons. The molecule has 0 fully saturated rings. The molecule has 2 aromatic heterocycles. The van der Waals surface area contributed by atoms with Crippen molar-refractivity contribution in [2.75, 3.05) is 0 Å². The van der Waals surface area contributed by atoms with Crippen molar-refractivity contribution in [3.8, 4) is 0 Å². The van der Waals surface area contributed by atoms with E-state index in [1.54, 1.807) is 12.5 Å². The van der Waals surface area contributed by atoms with Crippen LogP contribution < -0.4 is 5.32 Å². The number of aryl methyl sites for hydroxylation is 1. The van der Waals surface area contributed by atoms with Gasteiger partial charge in [0, 0.05) is 37.7 Å². The molecule has 0 saturated carbocycles. The molecule has 4 nitrogen and oxygen atoms in total. The van der Waals surface area contributed by atoms with Crippen molar-refractivity contribution in [2.24, 2.45) is 0 Å². The van der Waals surface area contributed by atoms with Gasteiger partial charge in [-0.3, -0.25) is 0 Å². The molecule has 0 aromatic carbocycles. The van der Waals surface area contributed by atoms with Gasteiger partial charge in [-0.1, -0.05) is 6.92 Å². The lowest BCUT2D eigenvalue weighted by Gasteiger charge is -2.08. The van der Waals surface area contributed by atoms with Gasteiger partial charge in [-0.2, -0.15) is 0 Å². The van der Waals surface area contributed by atoms with Crippen molar-refractivity contribution in [3.63, 3.8) is 0 Å². The van der Waals surface area contributed by atoms with Crippen LogP contribution in [0.4, 0.5) is 0 Å². The number of aromatic nitrogens is 3. The highest BCUT2D eigenvalue weighted by Crippen LogP contribution is 2.03. The minimum absolute atomic E-state index is 0.778. The molecule has 0 radical (unpaired) electrons. The Labute approximate surface area is 102 Å². The van der Waals surface area contributed by atoms with Crippen LogP contribution in [-0.2, 0) is 19.6 Å². The second-order valence-electron chi connectivity index (χ2n) is 4.00. The number of nitrogens with zero attached hydrogens (tertiary/aromatic N) is 3. The Bertz CT molecular complexity index is 436. The quantitative estimate of drug-likeness (QED) is 0.825. The maximum atomic E-state index is 4.18. The average Bonchev–Trinajstić information content (AvgIpc) is 2.79. The van der Waals surface area contributed by atoms with E-state index in [2.05, 4.69) is 45.1 Å². The van der Waals surface area contributed by atoms with E-state index in [-0.39, 0.29) is 0 Å². The third-order valence-corrected chi connectivity index (χ3v) is 2.64. The lowest BCUT2D eigenvalue weighted by atomic mass is 10.3. The van der Waals surface area contributed by atoms with Crippen molar-refractivity contribution in [1.82, 2.24) is 19.9 Å². The number of hydrogen-bond acceptors (Lipinski definition) is 3. The molecule has 0 atom stereocenters. The maximum Gasteiger partial charge on any atom is 0.115 e. The van der Waals surface area contributed by atoms with Crippen molar-refractivity contribution in [1.29, 1.82) is 0 Å². The van der Waals surface area contributed by atoms with Gasteiger partial charge < -0.3 is 9.88 Å². The molecule has 2 heterocycles. The Morgan fingerprint density at radius 1 is 1.29 bits per heavy atom. The molecule has 0 amide bonds. The molecule has 0 aliphatic heterocycles. The van der Waals surface area contributed by atoms with Gasteiger partial charge in [-0.15, -0.1) is 0 Å². The highest BCUT2D eigenvalue weighted by Gasteiger charge is 1.99. The number of hydrogen-bond donors (Lipinski definition) is 1. The predicted molar refractivity (Wildman–Crippen MR) is 67.3 cm³/mol. The zero-order chi connectivity index (χ0) is 11.9. The summed E-state index contributed by atoms with van der Waals surface area (Å²) in [5.74, 6) is 0. The summed E-state index contributed by atoms with van der Waals surface area (Å²) in [6, 6.07) is 6.18. The van der Waals surface area contributed by atoms with Gasteiger partial charge in [0.25, 0.3) is 0 Å². The highest BCUT2D eigenvalue weighted by atomic mass is 15.0. The molecular formula is C13H18N4. The molecular weight excluding hydrogens is 212 g/mol. The van der Waals surface area contributed by atoms with Crippen molar-refractivity contribution in [2.45, 2.75) is 33.0 Å². The molecule has 0 saturated heterocycles. The largest absolute Gasteiger partial charge is 0.350 e. The Hall–Kier alpha value is -1.68. The lowest BCUT2D eigenvalue weighted by Crippen LogP contribution is -2.16. The minimum Gasteiger partial charge on any atom is -0.350 e. The second kappa shape index (κ2) is 6.15. The molecule has 0 aliphatic carbocycles. The fourth-order valence-electron chi connectivity index (χ4n) is 1.81. The van der Waals surface area contributed by atoms with Crippen LogP contribution in [0.3, 0.4) is 0 Å². The lowest BCUT2D eigenvalue weighted by molar-refractivity contribution is 0.598. The average molecular weight is 230 g/mol. The molecule has 0 aliphatic rings. The Morgan fingerprint density at radius 2 is 2.24 bits per heavy atom. The van der Waals surface area contributed by atoms with E-state index in [1.807, 2.05) is 6.07 Å². The summed E-state index contributed by atoms with van der Waals surface area (Å²) >= 11 is 0. The van der Waals surface area contributed by atoms with E-state index < -0.39 is 0 Å². The molecule has 1 N–H and O–H groups in total. The van der Waals surface area contributed by atoms with Gasteiger partial charge in [-0.25, -0.2) is 9.97 Å². The first-order valence-corrected chi connectivity index (χ1v) is 5.99. The first-order valence-electron chi connectivity index (χ1n) is 5.99. The van der Waals surface area contributed by atoms with Gasteiger partial charge in [0.15, 0.2) is 0 Å². The maximum absolute atomic E-state index is 4.18. The third-order valence-electron chi connectivity index (χ3n) is 2.64. The molecule has 0 bridgehead atoms. The fourth-order valence-corrected chi connectivity index (χ4v) is 1.81. The normalized spacial score (nSPS) is 10.6. The van der Waals surface area contributed by atoms with Crippen LogP contribution >= 0.6 is 0 Å². The minimum atomic E-state index is 0.778. The monoisotopic (exact) mass is 230 g/mol. The van der Waals surface area contributed by atoms with E-state index in [0.717, 1.165) is 31.7 Å². The highest BCUT2D eigenvalue weighted by molar-refractivity contribution is 5.07. The zero-order valence-electron chi connectivity index (χ0n) is 10.1. The van der Waals surface area contributed by atoms with Crippen LogP contribution in [-0.4, -0.2) is 14.5 Å². The van der Waals surface area contributed by atoms with Crippen molar-refractivity contribution in [3.05, 3.63) is 48.3 Å². The van der Waals surface area contributed by atoms with Crippen LogP contribution in [0.2, 0.25) is 0 Å². The molecule has 2 aromatic rings. The summed E-state index contributed by atoms with van der Waals surface area (Å²) in [5.41, 5.74) is 2.34. The summed E-state index contributed by atoms with van der Waals surface area (Å²) < 4.78 is 2.28. The summed E-state index contributed by atoms with van der Waals surface area (Å²) in [6.07, 6.45) is 6.64. The first-order chi connectivity index (χ1) is 8.40. The Morgan fingerprint density at radius 3 is 3.00 bits per heavy atom. The third kappa shape index (κ3) is 3.39. The fraction of sp³-hybridized carbons (Fsp3) is 0.385. The SMILES string of the molecule is CCCn1cccc1CNCc1ccncn1. The van der Waals surface area contributed by atoms with Gasteiger partial charge in [0.05, 0.1) is 5.69 Å². The standard InChI is InChI=1S/C13H18N4/c1-2-7-17-8-3-4-13(17)10-15-9-12-5-6-14-11-16-12/h3-6,8,11,15H,2,7,9-10H2,1H3. The van der Waals surface area contributed by atoms with Gasteiger partial charge >= 0.3 is 0 Å². The van der Waals surface area contributed by atoms with Gasteiger partial charge in [0.2, 0.25) is 0 Å². The van der Waals surface area contributed by atoms with Crippen LogP contribution in [0.15, 0.2) is 36.9 Å². The summed E-state index contributed by atoms with van der Waals surface area (Å²) in [7, 11) is 0. The zero-order valence-corrected chi connectivity index (χ0v) is 10.1. The second-order valence-corrected chi connectivity index (χ2v) is 4.00. The summed E-state index contributed by atoms with van der Waals surface area (Å²) in [5, 5.41) is 3.39. The number of nitrogens with one attached hydrogen (secondary N) is 1. The van der Waals surface area contributed by atoms with Crippen LogP contribution in [0.5, 0.6) is 0 Å². The molecule has 4 heteroatoms. The van der Waals surface area contributed by atoms with Gasteiger partial charge in [-0.05, 0) is 24.6 Å². The summed E-state index contributed by atoms with van der Waals surface area (Å²) in [4.78, 5) is 8.07. The smallest absolute Gasteiger partial charge is 0.115 e.